The average molecular weight is 249 g/mol. The van der Waals surface area contributed by atoms with Crippen LogP contribution in [0.1, 0.15) is 6.42 Å². The minimum absolute atomic E-state index is 0.0398. The molecule has 0 spiro atoms. The Morgan fingerprint density at radius 2 is 2.33 bits per heavy atom. The smallest absolute Gasteiger partial charge is 0.312 e. The van der Waals surface area contributed by atoms with Crippen LogP contribution in [0.4, 0.5) is 10.5 Å². The summed E-state index contributed by atoms with van der Waals surface area (Å²) in [7, 11) is 1.57. The van der Waals surface area contributed by atoms with E-state index in [-0.39, 0.29) is 18.4 Å². The van der Waals surface area contributed by atoms with Gasteiger partial charge in [-0.1, -0.05) is 6.07 Å². The number of anilines is 1. The Hall–Kier alpha value is -2.24. The molecule has 1 aromatic carbocycles. The van der Waals surface area contributed by atoms with Gasteiger partial charge in [-0.15, -0.1) is 0 Å². The maximum Gasteiger partial charge on any atom is 0.312 e. The fraction of sp³-hybridized carbons (Fsp3) is 0.333. The first-order valence-corrected chi connectivity index (χ1v) is 5.60. The van der Waals surface area contributed by atoms with Crippen molar-refractivity contribution in [1.82, 2.24) is 5.32 Å². The van der Waals surface area contributed by atoms with Gasteiger partial charge in [-0.3, -0.25) is 4.79 Å². The quantitative estimate of drug-likeness (QED) is 0.816. The van der Waals surface area contributed by atoms with Crippen molar-refractivity contribution in [1.29, 1.82) is 0 Å². The number of methoxy groups -OCH3 is 1. The first-order valence-electron chi connectivity index (χ1n) is 5.60. The molecule has 3 amide bonds. The van der Waals surface area contributed by atoms with Crippen molar-refractivity contribution in [3.05, 3.63) is 24.3 Å². The summed E-state index contributed by atoms with van der Waals surface area (Å²) >= 11 is 0. The number of benzene rings is 1. The topological polar surface area (TPSA) is 84.7 Å². The van der Waals surface area contributed by atoms with E-state index in [1.54, 1.807) is 18.1 Å². The van der Waals surface area contributed by atoms with E-state index in [4.69, 9.17) is 10.5 Å². The normalized spacial score (nSPS) is 18.8. The number of primary amides is 1. The predicted octanol–water partition coefficient (Wildman–Crippen LogP) is 0.469. The molecule has 96 valence electrons. The lowest BCUT2D eigenvalue weighted by Crippen LogP contribution is -2.40. The van der Waals surface area contributed by atoms with Gasteiger partial charge in [0.15, 0.2) is 0 Å². The molecule has 3 N–H and O–H groups in total. The van der Waals surface area contributed by atoms with Crippen molar-refractivity contribution in [2.45, 2.75) is 12.5 Å². The summed E-state index contributed by atoms with van der Waals surface area (Å²) in [4.78, 5) is 24.2. The zero-order valence-electron chi connectivity index (χ0n) is 10.1. The molecule has 6 heteroatoms. The lowest BCUT2D eigenvalue weighted by Gasteiger charge is -2.17. The molecule has 1 unspecified atom stereocenters. The molecule has 0 aliphatic carbocycles. The van der Waals surface area contributed by atoms with E-state index in [0.29, 0.717) is 12.3 Å². The maximum absolute atomic E-state index is 11.9. The lowest BCUT2D eigenvalue weighted by molar-refractivity contribution is -0.117. The second-order valence-electron chi connectivity index (χ2n) is 4.12. The Morgan fingerprint density at radius 1 is 1.56 bits per heavy atom. The third kappa shape index (κ3) is 2.53. The minimum atomic E-state index is -0.611. The van der Waals surface area contributed by atoms with Crippen LogP contribution < -0.4 is 20.7 Å². The number of carbonyl (C=O) groups excluding carboxylic acids is 2. The fourth-order valence-electron chi connectivity index (χ4n) is 2.03. The Kier molecular flexibility index (Phi) is 3.36. The van der Waals surface area contributed by atoms with Gasteiger partial charge >= 0.3 is 6.03 Å². The SMILES string of the molecule is COc1cccc(N2CC(NC(N)=O)CC2=O)c1. The fourth-order valence-corrected chi connectivity index (χ4v) is 2.03. The monoisotopic (exact) mass is 249 g/mol. The molecule has 1 atom stereocenters. The highest BCUT2D eigenvalue weighted by molar-refractivity contribution is 5.96. The van der Waals surface area contributed by atoms with E-state index in [2.05, 4.69) is 5.32 Å². The standard InChI is InChI=1S/C12H15N3O3/c1-18-10-4-2-3-9(6-10)15-7-8(5-11(15)16)14-12(13)17/h2-4,6,8H,5,7H2,1H3,(H3,13,14,17). The van der Waals surface area contributed by atoms with Gasteiger partial charge in [0.1, 0.15) is 5.75 Å². The van der Waals surface area contributed by atoms with Crippen LogP contribution in [0.15, 0.2) is 24.3 Å². The number of urea groups is 1. The summed E-state index contributed by atoms with van der Waals surface area (Å²) in [5.41, 5.74) is 5.81. The minimum Gasteiger partial charge on any atom is -0.497 e. The zero-order chi connectivity index (χ0) is 13.1. The third-order valence-corrected chi connectivity index (χ3v) is 2.84. The van der Waals surface area contributed by atoms with Gasteiger partial charge in [0.25, 0.3) is 0 Å². The van der Waals surface area contributed by atoms with E-state index < -0.39 is 6.03 Å². The number of hydrogen-bond acceptors (Lipinski definition) is 3. The van der Waals surface area contributed by atoms with Crippen molar-refractivity contribution in [3.8, 4) is 5.75 Å². The van der Waals surface area contributed by atoms with Crippen LogP contribution in [0.2, 0.25) is 0 Å². The molecule has 0 aromatic heterocycles. The molecule has 6 nitrogen and oxygen atoms in total. The van der Waals surface area contributed by atoms with Crippen molar-refractivity contribution in [2.75, 3.05) is 18.6 Å². The van der Waals surface area contributed by atoms with Crippen LogP contribution in [-0.4, -0.2) is 31.6 Å². The summed E-state index contributed by atoms with van der Waals surface area (Å²) in [5, 5.41) is 2.55. The Morgan fingerprint density at radius 3 is 3.00 bits per heavy atom. The van der Waals surface area contributed by atoms with Crippen LogP contribution >= 0.6 is 0 Å². The van der Waals surface area contributed by atoms with E-state index in [1.807, 2.05) is 18.2 Å². The number of nitrogens with two attached hydrogens (primary N) is 1. The molecule has 1 fully saturated rings. The third-order valence-electron chi connectivity index (χ3n) is 2.84. The second-order valence-corrected chi connectivity index (χ2v) is 4.12. The molecule has 0 bridgehead atoms. The van der Waals surface area contributed by atoms with Crippen molar-refractivity contribution >= 4 is 17.6 Å². The number of rotatable bonds is 3. The summed E-state index contributed by atoms with van der Waals surface area (Å²) in [6.45, 7) is 0.426. The number of amides is 3. The number of nitrogens with zero attached hydrogens (tertiary/aromatic N) is 1. The number of nitrogens with one attached hydrogen (secondary N) is 1. The van der Waals surface area contributed by atoms with Crippen LogP contribution in [-0.2, 0) is 4.79 Å². The Balaban J connectivity index is 2.13. The Labute approximate surface area is 105 Å². The van der Waals surface area contributed by atoms with Gasteiger partial charge in [-0.2, -0.15) is 0 Å². The maximum atomic E-state index is 11.9. The highest BCUT2D eigenvalue weighted by Crippen LogP contribution is 2.25. The number of carbonyl (C=O) groups is 2. The molecule has 18 heavy (non-hydrogen) atoms. The first-order chi connectivity index (χ1) is 8.60. The molecule has 2 rings (SSSR count). The predicted molar refractivity (Wildman–Crippen MR) is 66.5 cm³/mol. The van der Waals surface area contributed by atoms with E-state index in [0.717, 1.165) is 5.69 Å². The van der Waals surface area contributed by atoms with Crippen LogP contribution in [0, 0.1) is 0 Å². The summed E-state index contributed by atoms with van der Waals surface area (Å²) in [5.74, 6) is 0.647. The van der Waals surface area contributed by atoms with Gasteiger partial charge in [0.2, 0.25) is 5.91 Å². The highest BCUT2D eigenvalue weighted by Gasteiger charge is 2.31. The number of ether oxygens (including phenoxy) is 1. The molecule has 0 radical (unpaired) electrons. The van der Waals surface area contributed by atoms with Crippen LogP contribution in [0.5, 0.6) is 5.75 Å². The molecule has 1 aliphatic rings. The first kappa shape index (κ1) is 12.2. The average Bonchev–Trinajstić information content (AvgIpc) is 2.69. The van der Waals surface area contributed by atoms with Gasteiger partial charge in [0, 0.05) is 24.7 Å². The molecular weight excluding hydrogens is 234 g/mol. The summed E-state index contributed by atoms with van der Waals surface area (Å²) in [6.07, 6.45) is 0.264. The van der Waals surface area contributed by atoms with Crippen molar-refractivity contribution < 1.29 is 14.3 Å². The van der Waals surface area contributed by atoms with Crippen LogP contribution in [0.3, 0.4) is 0 Å². The molecule has 1 heterocycles. The molecule has 1 aliphatic heterocycles. The summed E-state index contributed by atoms with van der Waals surface area (Å²) < 4.78 is 5.11. The van der Waals surface area contributed by atoms with E-state index >= 15 is 0 Å². The number of hydrogen-bond donors (Lipinski definition) is 2. The molecular formula is C12H15N3O3. The van der Waals surface area contributed by atoms with Gasteiger partial charge in [-0.05, 0) is 12.1 Å². The van der Waals surface area contributed by atoms with Gasteiger partial charge < -0.3 is 20.7 Å². The van der Waals surface area contributed by atoms with Crippen LogP contribution in [0.25, 0.3) is 0 Å². The van der Waals surface area contributed by atoms with Crippen molar-refractivity contribution in [2.24, 2.45) is 5.73 Å². The Bertz CT molecular complexity index is 475. The zero-order valence-corrected chi connectivity index (χ0v) is 10.1. The van der Waals surface area contributed by atoms with Crippen molar-refractivity contribution in [3.63, 3.8) is 0 Å². The molecule has 1 saturated heterocycles. The molecule has 0 saturated carbocycles. The highest BCUT2D eigenvalue weighted by atomic mass is 16.5. The van der Waals surface area contributed by atoms with Gasteiger partial charge in [-0.25, -0.2) is 4.79 Å². The van der Waals surface area contributed by atoms with E-state index in [1.165, 1.54) is 0 Å². The van der Waals surface area contributed by atoms with E-state index in [9.17, 15) is 9.59 Å². The molecule has 1 aromatic rings. The largest absolute Gasteiger partial charge is 0.497 e. The summed E-state index contributed by atoms with van der Waals surface area (Å²) in [6, 6.07) is 6.39. The lowest BCUT2D eigenvalue weighted by atomic mass is 10.2. The van der Waals surface area contributed by atoms with Gasteiger partial charge in [0.05, 0.1) is 13.2 Å². The second kappa shape index (κ2) is 4.95.